The van der Waals surface area contributed by atoms with Crippen LogP contribution in [0.25, 0.3) is 0 Å². The largest absolute Gasteiger partial charge is 0.398 e. The molecule has 1 rings (SSSR count). The first-order valence-corrected chi connectivity index (χ1v) is 9.88. The van der Waals surface area contributed by atoms with Crippen molar-refractivity contribution in [2.45, 2.75) is 25.7 Å². The molecule has 8 heteroatoms. The highest BCUT2D eigenvalue weighted by molar-refractivity contribution is 7.91. The molecule has 0 spiro atoms. The summed E-state index contributed by atoms with van der Waals surface area (Å²) in [5.74, 6) is -0.220. The van der Waals surface area contributed by atoms with Crippen LogP contribution in [0.15, 0.2) is 11.0 Å². The van der Waals surface area contributed by atoms with E-state index in [-0.39, 0.29) is 17.2 Å². The van der Waals surface area contributed by atoms with Gasteiger partial charge in [-0.15, -0.1) is 0 Å². The fraction of sp³-hybridized carbons (Fsp3) is 0.538. The zero-order valence-corrected chi connectivity index (χ0v) is 14.6. The van der Waals surface area contributed by atoms with Crippen molar-refractivity contribution in [3.05, 3.63) is 22.8 Å². The third-order valence-corrected chi connectivity index (χ3v) is 6.48. The van der Waals surface area contributed by atoms with E-state index >= 15 is 0 Å². The fourth-order valence-electron chi connectivity index (χ4n) is 2.15. The van der Waals surface area contributed by atoms with E-state index in [0.717, 1.165) is 16.1 Å². The van der Waals surface area contributed by atoms with Gasteiger partial charge in [0.1, 0.15) is 9.84 Å². The summed E-state index contributed by atoms with van der Waals surface area (Å²) >= 11 is 0. The van der Waals surface area contributed by atoms with E-state index in [1.807, 2.05) is 6.92 Å². The molecule has 0 radical (unpaired) electrons. The Bertz CT molecular complexity index is 753. The first-order chi connectivity index (χ1) is 9.38. The maximum Gasteiger partial charge on any atom is 0.243 e. The van der Waals surface area contributed by atoms with Gasteiger partial charge in [-0.1, -0.05) is 6.07 Å². The van der Waals surface area contributed by atoms with Crippen molar-refractivity contribution in [2.24, 2.45) is 0 Å². The van der Waals surface area contributed by atoms with Gasteiger partial charge < -0.3 is 5.73 Å². The van der Waals surface area contributed by atoms with E-state index in [4.69, 9.17) is 5.73 Å². The molecule has 6 nitrogen and oxygen atoms in total. The average molecular weight is 334 g/mol. The second-order valence-corrected chi connectivity index (χ2v) is 9.58. The Morgan fingerprint density at radius 2 is 1.62 bits per heavy atom. The van der Waals surface area contributed by atoms with Gasteiger partial charge >= 0.3 is 0 Å². The van der Waals surface area contributed by atoms with Gasteiger partial charge in [0.15, 0.2) is 0 Å². The third-order valence-electron chi connectivity index (χ3n) is 3.41. The molecule has 21 heavy (non-hydrogen) atoms. The van der Waals surface area contributed by atoms with Crippen molar-refractivity contribution in [3.63, 3.8) is 0 Å². The molecule has 0 bridgehead atoms. The van der Waals surface area contributed by atoms with Crippen molar-refractivity contribution in [2.75, 3.05) is 31.3 Å². The van der Waals surface area contributed by atoms with Crippen molar-refractivity contribution in [1.82, 2.24) is 4.31 Å². The van der Waals surface area contributed by atoms with Crippen molar-refractivity contribution < 1.29 is 16.8 Å². The summed E-state index contributed by atoms with van der Waals surface area (Å²) < 4.78 is 48.7. The van der Waals surface area contributed by atoms with Crippen LogP contribution in [0.5, 0.6) is 0 Å². The number of aryl methyl sites for hydroxylation is 2. The highest BCUT2D eigenvalue weighted by Crippen LogP contribution is 2.29. The third kappa shape index (κ3) is 3.96. The van der Waals surface area contributed by atoms with E-state index in [0.29, 0.717) is 16.8 Å². The van der Waals surface area contributed by atoms with E-state index in [1.165, 1.54) is 7.05 Å². The molecular formula is C13H22N2O4S2. The van der Waals surface area contributed by atoms with Gasteiger partial charge in [-0.3, -0.25) is 0 Å². The second-order valence-electron chi connectivity index (χ2n) is 5.33. The number of hydrogen-bond donors (Lipinski definition) is 1. The Kier molecular flexibility index (Phi) is 5.07. The Balaban J connectivity index is 3.29. The maximum absolute atomic E-state index is 12.6. The molecule has 0 saturated carbocycles. The Morgan fingerprint density at radius 3 is 2.10 bits per heavy atom. The van der Waals surface area contributed by atoms with Gasteiger partial charge in [-0.2, -0.15) is 4.31 Å². The van der Waals surface area contributed by atoms with Crippen LogP contribution in [0.3, 0.4) is 0 Å². The Morgan fingerprint density at radius 1 is 1.10 bits per heavy atom. The number of nitrogen functional groups attached to an aromatic ring is 1. The molecule has 0 aromatic heterocycles. The van der Waals surface area contributed by atoms with Gasteiger partial charge in [0.05, 0.1) is 10.6 Å². The summed E-state index contributed by atoms with van der Waals surface area (Å²) in [5.41, 5.74) is 8.28. The summed E-state index contributed by atoms with van der Waals surface area (Å²) in [4.78, 5) is 0.154. The minimum atomic E-state index is -3.77. The maximum atomic E-state index is 12.6. The van der Waals surface area contributed by atoms with Crippen LogP contribution in [0.4, 0.5) is 5.69 Å². The first kappa shape index (κ1) is 17.9. The Labute approximate surface area is 126 Å². The summed E-state index contributed by atoms with van der Waals surface area (Å²) in [6.07, 6.45) is 1.08. The standard InChI is InChI=1S/C13H22N2O4S2/c1-9-8-10(2)13(11(3)12(9)14)21(18,19)15(4)6-7-20(5,16)17/h8H,6-7,14H2,1-5H3. The predicted octanol–water partition coefficient (Wildman–Crippen LogP) is 0.859. The normalized spacial score (nSPS) is 12.9. The van der Waals surface area contributed by atoms with E-state index in [1.54, 1.807) is 19.9 Å². The molecule has 120 valence electrons. The minimum absolute atomic E-state index is 0.0895. The number of hydrogen-bond acceptors (Lipinski definition) is 5. The molecule has 0 aliphatic heterocycles. The minimum Gasteiger partial charge on any atom is -0.398 e. The van der Waals surface area contributed by atoms with Gasteiger partial charge in [-0.25, -0.2) is 16.8 Å². The fourth-order valence-corrected chi connectivity index (χ4v) is 4.48. The molecule has 1 aromatic carbocycles. The quantitative estimate of drug-likeness (QED) is 0.805. The smallest absolute Gasteiger partial charge is 0.243 e. The van der Waals surface area contributed by atoms with E-state index in [9.17, 15) is 16.8 Å². The molecule has 0 aliphatic carbocycles. The van der Waals surface area contributed by atoms with Crippen LogP contribution in [-0.2, 0) is 19.9 Å². The first-order valence-electron chi connectivity index (χ1n) is 6.38. The van der Waals surface area contributed by atoms with Gasteiger partial charge in [-0.05, 0) is 37.5 Å². The molecule has 0 saturated heterocycles. The van der Waals surface area contributed by atoms with Gasteiger partial charge in [0.2, 0.25) is 10.0 Å². The molecule has 0 amide bonds. The SMILES string of the molecule is Cc1cc(C)c(S(=O)(=O)N(C)CCS(C)(=O)=O)c(C)c1N. The van der Waals surface area contributed by atoms with Crippen LogP contribution in [0.2, 0.25) is 0 Å². The van der Waals surface area contributed by atoms with Crippen LogP contribution in [0, 0.1) is 20.8 Å². The van der Waals surface area contributed by atoms with Crippen LogP contribution in [-0.4, -0.2) is 46.7 Å². The summed E-state index contributed by atoms with van der Waals surface area (Å²) in [7, 11) is -5.63. The summed E-state index contributed by atoms with van der Waals surface area (Å²) in [5, 5.41) is 0. The number of nitrogens with two attached hydrogens (primary N) is 1. The van der Waals surface area contributed by atoms with E-state index < -0.39 is 19.9 Å². The lowest BCUT2D eigenvalue weighted by Crippen LogP contribution is -2.32. The van der Waals surface area contributed by atoms with Crippen molar-refractivity contribution in [1.29, 1.82) is 0 Å². The number of nitrogens with zero attached hydrogens (tertiary/aromatic N) is 1. The number of sulfone groups is 1. The lowest BCUT2D eigenvalue weighted by atomic mass is 10.1. The number of rotatable bonds is 5. The van der Waals surface area contributed by atoms with Crippen LogP contribution in [0.1, 0.15) is 16.7 Å². The highest BCUT2D eigenvalue weighted by Gasteiger charge is 2.26. The zero-order chi connectivity index (χ0) is 16.6. The lowest BCUT2D eigenvalue weighted by molar-refractivity contribution is 0.484. The van der Waals surface area contributed by atoms with Gasteiger partial charge in [0.25, 0.3) is 0 Å². The second kappa shape index (κ2) is 5.94. The molecule has 0 unspecified atom stereocenters. The lowest BCUT2D eigenvalue weighted by Gasteiger charge is -2.21. The summed E-state index contributed by atoms with van der Waals surface area (Å²) in [6, 6.07) is 1.72. The van der Waals surface area contributed by atoms with Crippen molar-refractivity contribution >= 4 is 25.5 Å². The van der Waals surface area contributed by atoms with Gasteiger partial charge in [0, 0.05) is 25.5 Å². The monoisotopic (exact) mass is 334 g/mol. The highest BCUT2D eigenvalue weighted by atomic mass is 32.2. The average Bonchev–Trinajstić information content (AvgIpc) is 2.31. The topological polar surface area (TPSA) is 97.5 Å². The Hall–Kier alpha value is -1.12. The van der Waals surface area contributed by atoms with Crippen molar-refractivity contribution in [3.8, 4) is 0 Å². The molecule has 0 heterocycles. The number of benzene rings is 1. The molecule has 0 atom stereocenters. The molecular weight excluding hydrogens is 312 g/mol. The van der Waals surface area contributed by atoms with E-state index in [2.05, 4.69) is 0 Å². The zero-order valence-electron chi connectivity index (χ0n) is 13.0. The van der Waals surface area contributed by atoms with Crippen LogP contribution >= 0.6 is 0 Å². The molecule has 0 fully saturated rings. The predicted molar refractivity (Wildman–Crippen MR) is 84.6 cm³/mol. The molecule has 1 aromatic rings. The number of sulfonamides is 1. The molecule has 0 aliphatic rings. The summed E-state index contributed by atoms with van der Waals surface area (Å²) in [6.45, 7) is 5.09. The molecule has 2 N–H and O–H groups in total. The van der Waals surface area contributed by atoms with Crippen LogP contribution < -0.4 is 5.73 Å². The number of anilines is 1.